The van der Waals surface area contributed by atoms with Gasteiger partial charge in [-0.2, -0.15) is 0 Å². The monoisotopic (exact) mass is 997 g/mol. The first-order chi connectivity index (χ1) is 34.7. The van der Waals surface area contributed by atoms with Crippen LogP contribution in [0, 0.1) is 18.3 Å². The zero-order valence-electron chi connectivity index (χ0n) is 41.8. The molecule has 18 heteroatoms. The Kier molecular flexibility index (Phi) is 14.2. The van der Waals surface area contributed by atoms with Crippen molar-refractivity contribution in [2.75, 3.05) is 48.3 Å². The molecular formula is C54H68N12O5S. The maximum atomic E-state index is 14.3. The number of likely N-dealkylation sites (tertiary alicyclic amines) is 2. The second kappa shape index (κ2) is 20.7. The summed E-state index contributed by atoms with van der Waals surface area (Å²) < 4.78 is 0. The summed E-state index contributed by atoms with van der Waals surface area (Å²) in [5.41, 5.74) is 13.8. The summed E-state index contributed by atoms with van der Waals surface area (Å²) in [5, 5.41) is 35.8. The van der Waals surface area contributed by atoms with E-state index in [0.29, 0.717) is 41.9 Å². The molecule has 17 nitrogen and oxygen atoms in total. The molecule has 3 aromatic heterocycles. The van der Waals surface area contributed by atoms with Crippen LogP contribution < -0.4 is 26.2 Å². The molecule has 3 amide bonds. The van der Waals surface area contributed by atoms with Gasteiger partial charge in [-0.05, 0) is 118 Å². The minimum absolute atomic E-state index is 0.0361. The number of anilines is 3. The van der Waals surface area contributed by atoms with Crippen LogP contribution in [0.1, 0.15) is 101 Å². The highest BCUT2D eigenvalue weighted by atomic mass is 32.1. The molecule has 5 aliphatic rings. The van der Waals surface area contributed by atoms with E-state index in [0.717, 1.165) is 98.0 Å². The number of aromatic nitrogens is 5. The Bertz CT molecular complexity index is 2720. The molecule has 6 N–H and O–H groups in total. The minimum atomic E-state index is -0.859. The molecule has 1 aliphatic carbocycles. The number of piperidine rings is 1. The molecule has 2 aromatic carbocycles. The normalized spacial score (nSPS) is 24.3. The average Bonchev–Trinajstić information content (AvgIpc) is 4.08. The topological polar surface area (TPSA) is 219 Å². The van der Waals surface area contributed by atoms with E-state index in [1.807, 2.05) is 88.1 Å². The van der Waals surface area contributed by atoms with Gasteiger partial charge in [-0.15, -0.1) is 21.5 Å². The number of phenols is 1. The van der Waals surface area contributed by atoms with E-state index in [1.54, 1.807) is 23.5 Å². The Morgan fingerprint density at radius 1 is 0.847 bits per heavy atom. The van der Waals surface area contributed by atoms with E-state index in [9.17, 15) is 24.6 Å². The molecule has 0 spiro atoms. The fourth-order valence-corrected chi connectivity index (χ4v) is 12.7. The standard InChI is InChI=1S/C54H68N12O5S/c1-32-47(72-31-59-32)35-11-9-33(10-12-35)25-56-51(70)45-23-41(67)30-65(45)52(71)48(54(2,3)4)60-50(69)36-19-21-63(22-20-36)38-15-13-34(14-16-38)37-26-57-53(58-27-37)66-39-17-18-40(66)29-64(28-39)44-24-43(61-62-49(44)55)42-7-5-6-8-46(42)68/h5-12,24,26-27,31,34,36,38-41,45,48,67-68H,13-23,25,28-30H2,1-4H3,(H2,55,62)(H,56,70)(H,60,69)/t34?,38?,39?,40?,41-,45+,48-/m1/s1. The number of para-hydroxylation sites is 1. The number of aryl methyl sites for hydroxylation is 1. The molecule has 2 unspecified atom stereocenters. The van der Waals surface area contributed by atoms with Crippen LogP contribution in [-0.2, 0) is 20.9 Å². The highest BCUT2D eigenvalue weighted by Gasteiger charge is 2.46. The lowest BCUT2D eigenvalue weighted by atomic mass is 9.81. The Labute approximate surface area is 425 Å². The van der Waals surface area contributed by atoms with Gasteiger partial charge in [-0.3, -0.25) is 14.4 Å². The van der Waals surface area contributed by atoms with Crippen molar-refractivity contribution in [2.45, 2.75) is 134 Å². The number of thiazole rings is 1. The lowest BCUT2D eigenvalue weighted by Gasteiger charge is -2.42. The number of rotatable bonds is 12. The maximum absolute atomic E-state index is 14.3. The number of nitrogens with zero attached hydrogens (tertiary/aromatic N) is 9. The van der Waals surface area contributed by atoms with Crippen molar-refractivity contribution in [3.05, 3.63) is 89.3 Å². The SMILES string of the molecule is Cc1ncsc1-c1ccc(CNC(=O)[C@@H]2C[C@@H](O)CN2C(=O)[C@@H](NC(=O)C2CCN(C3CCC(c4cnc(N5C6CCC5CN(c5cc(-c7ccccc7O)nnc5N)C6)nc4)CC3)CC2)C(C)(C)C)cc1. The maximum Gasteiger partial charge on any atom is 0.246 e. The lowest BCUT2D eigenvalue weighted by Crippen LogP contribution is -2.59. The van der Waals surface area contributed by atoms with Crippen LogP contribution in [0.4, 0.5) is 17.5 Å². The fourth-order valence-electron chi connectivity index (χ4n) is 11.9. The molecule has 5 aromatic rings. The summed E-state index contributed by atoms with van der Waals surface area (Å²) in [6, 6.07) is 16.3. The number of hydrogen-bond acceptors (Lipinski definition) is 15. The van der Waals surface area contributed by atoms with Crippen molar-refractivity contribution < 1.29 is 24.6 Å². The zero-order chi connectivity index (χ0) is 50.3. The van der Waals surface area contributed by atoms with Crippen molar-refractivity contribution in [2.24, 2.45) is 11.3 Å². The summed E-state index contributed by atoms with van der Waals surface area (Å²) in [4.78, 5) is 66.0. The van der Waals surface area contributed by atoms with Crippen LogP contribution in [0.2, 0.25) is 0 Å². The van der Waals surface area contributed by atoms with E-state index in [1.165, 1.54) is 10.5 Å². The van der Waals surface area contributed by atoms with Crippen LogP contribution >= 0.6 is 11.3 Å². The Morgan fingerprint density at radius 3 is 2.18 bits per heavy atom. The number of carbonyl (C=O) groups is 3. The fraction of sp³-hybridized carbons (Fsp3) is 0.519. The number of aliphatic hydroxyl groups is 1. The number of phenolic OH excluding ortho intramolecular Hbond substituents is 1. The van der Waals surface area contributed by atoms with Crippen molar-refractivity contribution in [1.29, 1.82) is 0 Å². The first-order valence-corrected chi connectivity index (χ1v) is 26.6. The van der Waals surface area contributed by atoms with Gasteiger partial charge in [0.05, 0.1) is 33.6 Å². The van der Waals surface area contributed by atoms with E-state index in [-0.39, 0.29) is 61.0 Å². The molecule has 4 saturated heterocycles. The van der Waals surface area contributed by atoms with Crippen molar-refractivity contribution in [3.8, 4) is 27.4 Å². The largest absolute Gasteiger partial charge is 0.507 e. The summed E-state index contributed by atoms with van der Waals surface area (Å²) in [6.07, 6.45) is 11.2. The van der Waals surface area contributed by atoms with Gasteiger partial charge in [0.15, 0.2) is 5.82 Å². The molecule has 5 fully saturated rings. The first kappa shape index (κ1) is 49.3. The molecule has 2 bridgehead atoms. The van der Waals surface area contributed by atoms with E-state index in [2.05, 4.69) is 40.5 Å². The Morgan fingerprint density at radius 2 is 1.53 bits per heavy atom. The number of aromatic hydroxyl groups is 1. The number of benzene rings is 2. The van der Waals surface area contributed by atoms with Crippen LogP contribution in [-0.4, -0.2) is 132 Å². The number of piperazine rings is 1. The number of nitrogens with one attached hydrogen (secondary N) is 2. The number of hydrogen-bond donors (Lipinski definition) is 5. The van der Waals surface area contributed by atoms with Crippen LogP contribution in [0.3, 0.4) is 0 Å². The number of amides is 3. The van der Waals surface area contributed by atoms with Gasteiger partial charge in [0.25, 0.3) is 0 Å². The average molecular weight is 997 g/mol. The van der Waals surface area contributed by atoms with Gasteiger partial charge in [0.1, 0.15) is 17.8 Å². The summed E-state index contributed by atoms with van der Waals surface area (Å²) in [7, 11) is 0. The molecule has 5 atom stereocenters. The van der Waals surface area contributed by atoms with Gasteiger partial charge >= 0.3 is 0 Å². The number of fused-ring (bicyclic) bond motifs is 2. The van der Waals surface area contributed by atoms with Gasteiger partial charge in [0.2, 0.25) is 23.7 Å². The Balaban J connectivity index is 0.686. The quantitative estimate of drug-likeness (QED) is 0.0961. The molecule has 1 saturated carbocycles. The van der Waals surface area contributed by atoms with E-state index in [4.69, 9.17) is 15.7 Å². The third kappa shape index (κ3) is 10.4. The smallest absolute Gasteiger partial charge is 0.246 e. The molecule has 7 heterocycles. The summed E-state index contributed by atoms with van der Waals surface area (Å²) in [5.74, 6) is 0.700. The van der Waals surface area contributed by atoms with Crippen LogP contribution in [0.25, 0.3) is 21.7 Å². The molecule has 0 radical (unpaired) electrons. The lowest BCUT2D eigenvalue weighted by molar-refractivity contribution is -0.144. The number of nitrogens with two attached hydrogens (primary N) is 1. The molecular weight excluding hydrogens is 929 g/mol. The van der Waals surface area contributed by atoms with Crippen molar-refractivity contribution in [1.82, 2.24) is 45.6 Å². The van der Waals surface area contributed by atoms with E-state index < -0.39 is 23.6 Å². The number of aliphatic hydroxyl groups excluding tert-OH is 1. The van der Waals surface area contributed by atoms with E-state index >= 15 is 0 Å². The second-order valence-corrected chi connectivity index (χ2v) is 22.6. The predicted molar refractivity (Wildman–Crippen MR) is 278 cm³/mol. The molecule has 380 valence electrons. The number of nitrogen functional groups attached to an aromatic ring is 1. The summed E-state index contributed by atoms with van der Waals surface area (Å²) >= 11 is 1.59. The van der Waals surface area contributed by atoms with Crippen molar-refractivity contribution in [3.63, 3.8) is 0 Å². The summed E-state index contributed by atoms with van der Waals surface area (Å²) in [6.45, 7) is 11.3. The first-order valence-electron chi connectivity index (χ1n) is 25.7. The van der Waals surface area contributed by atoms with Crippen molar-refractivity contribution >= 4 is 46.5 Å². The van der Waals surface area contributed by atoms with Gasteiger partial charge in [-0.25, -0.2) is 15.0 Å². The number of β-amino-alcohol motifs (C(OH)–C–C–N with tert-alkyl or cyclic N) is 1. The molecule has 72 heavy (non-hydrogen) atoms. The highest BCUT2D eigenvalue weighted by Crippen LogP contribution is 2.40. The minimum Gasteiger partial charge on any atom is -0.507 e. The zero-order valence-corrected chi connectivity index (χ0v) is 42.6. The number of carbonyl (C=O) groups excluding carboxylic acids is 3. The van der Waals surface area contributed by atoms with Crippen LogP contribution in [0.5, 0.6) is 5.75 Å². The third-order valence-electron chi connectivity index (χ3n) is 16.0. The van der Waals surface area contributed by atoms with Gasteiger partial charge in [0, 0.05) is 74.6 Å². The third-order valence-corrected chi connectivity index (χ3v) is 16.9. The predicted octanol–water partition coefficient (Wildman–Crippen LogP) is 6.06. The molecule has 10 rings (SSSR count). The van der Waals surface area contributed by atoms with Crippen LogP contribution in [0.15, 0.2) is 72.5 Å². The van der Waals surface area contributed by atoms with Gasteiger partial charge < -0.3 is 46.2 Å². The Hall–Kier alpha value is -6.24. The van der Waals surface area contributed by atoms with Gasteiger partial charge in [-0.1, -0.05) is 57.2 Å². The molecule has 4 aliphatic heterocycles. The highest BCUT2D eigenvalue weighted by molar-refractivity contribution is 7.13. The second-order valence-electron chi connectivity index (χ2n) is 21.7.